The Hall–Kier alpha value is -2.61. The lowest BCUT2D eigenvalue weighted by Crippen LogP contribution is -2.49. The van der Waals surface area contributed by atoms with Crippen LogP contribution in [0.15, 0.2) is 29.3 Å². The number of hydrogen-bond donors (Lipinski definition) is 3. The third kappa shape index (κ3) is 7.51. The van der Waals surface area contributed by atoms with Crippen molar-refractivity contribution in [2.24, 2.45) is 10.4 Å². The normalized spacial score (nSPS) is 15.5. The number of amides is 2. The quantitative estimate of drug-likeness (QED) is 0.377. The van der Waals surface area contributed by atoms with Crippen LogP contribution in [0.25, 0.3) is 0 Å². The highest BCUT2D eigenvalue weighted by Crippen LogP contribution is 2.38. The second-order valence-electron chi connectivity index (χ2n) is 9.00. The van der Waals surface area contributed by atoms with Gasteiger partial charge in [-0.3, -0.25) is 9.59 Å². The molecule has 0 saturated heterocycles. The lowest BCUT2D eigenvalue weighted by molar-refractivity contribution is -0.138. The minimum Gasteiger partial charge on any atom is -0.357 e. The fourth-order valence-corrected chi connectivity index (χ4v) is 4.06. The van der Waals surface area contributed by atoms with Crippen LogP contribution >= 0.6 is 0 Å². The van der Waals surface area contributed by atoms with E-state index in [9.17, 15) is 9.59 Å². The Bertz CT molecular complexity index is 784. The number of nitrogens with one attached hydrogen (secondary N) is 3. The van der Waals surface area contributed by atoms with Gasteiger partial charge in [-0.15, -0.1) is 0 Å². The first-order valence-corrected chi connectivity index (χ1v) is 11.5. The molecule has 2 rings (SSSR count). The molecule has 1 fully saturated rings. The number of aliphatic imine (C=N–C) groups is 1. The maximum atomic E-state index is 12.8. The van der Waals surface area contributed by atoms with E-state index >= 15 is 0 Å². The van der Waals surface area contributed by atoms with E-state index in [1.54, 1.807) is 4.90 Å². The zero-order chi connectivity index (χ0) is 23.6. The molecule has 0 aromatic heterocycles. The topological polar surface area (TPSA) is 89.1 Å². The molecule has 32 heavy (non-hydrogen) atoms. The van der Waals surface area contributed by atoms with Crippen molar-refractivity contribution >= 4 is 17.8 Å². The molecule has 1 aliphatic rings. The summed E-state index contributed by atoms with van der Waals surface area (Å²) in [5, 5.41) is 9.60. The van der Waals surface area contributed by atoms with E-state index in [-0.39, 0.29) is 17.2 Å². The minimum absolute atomic E-state index is 0.0758. The lowest BCUT2D eigenvalue weighted by atomic mass is 9.84. The number of guanidine groups is 1. The molecule has 0 heterocycles. The van der Waals surface area contributed by atoms with E-state index in [4.69, 9.17) is 4.99 Å². The number of benzene rings is 1. The van der Waals surface area contributed by atoms with Crippen molar-refractivity contribution in [3.05, 3.63) is 35.4 Å². The Labute approximate surface area is 192 Å². The number of likely N-dealkylation sites (N-methyl/N-ethyl adjacent to an activating group) is 1. The Morgan fingerprint density at radius 2 is 1.78 bits per heavy atom. The molecule has 1 aromatic rings. The molecule has 1 aromatic carbocycles. The van der Waals surface area contributed by atoms with Crippen molar-refractivity contribution in [2.45, 2.75) is 39.2 Å². The van der Waals surface area contributed by atoms with Gasteiger partial charge in [0.05, 0.1) is 12.0 Å². The van der Waals surface area contributed by atoms with E-state index in [2.05, 4.69) is 16.0 Å². The van der Waals surface area contributed by atoms with Gasteiger partial charge < -0.3 is 25.8 Å². The largest absolute Gasteiger partial charge is 0.357 e. The summed E-state index contributed by atoms with van der Waals surface area (Å²) in [4.78, 5) is 33.6. The Morgan fingerprint density at radius 1 is 1.06 bits per heavy atom. The lowest BCUT2D eigenvalue weighted by Gasteiger charge is -2.31. The van der Waals surface area contributed by atoms with E-state index in [0.29, 0.717) is 31.2 Å². The summed E-state index contributed by atoms with van der Waals surface area (Å²) < 4.78 is 0. The maximum absolute atomic E-state index is 12.8. The van der Waals surface area contributed by atoms with E-state index < -0.39 is 0 Å². The average Bonchev–Trinajstić information content (AvgIpc) is 3.25. The summed E-state index contributed by atoms with van der Waals surface area (Å²) in [6.07, 6.45) is 3.97. The van der Waals surface area contributed by atoms with Gasteiger partial charge in [0.25, 0.3) is 5.91 Å². The fourth-order valence-electron chi connectivity index (χ4n) is 4.06. The van der Waals surface area contributed by atoms with Crippen LogP contribution in [0.3, 0.4) is 0 Å². The second-order valence-corrected chi connectivity index (χ2v) is 9.00. The Balaban J connectivity index is 2.02. The van der Waals surface area contributed by atoms with Crippen LogP contribution in [0.2, 0.25) is 0 Å². The first-order valence-electron chi connectivity index (χ1n) is 11.5. The SMILES string of the molecule is CCNC(=NCc1cccc(C(=O)NCCN(C)C)c1)NCC1(C(=O)N(C)C)CCCC1. The van der Waals surface area contributed by atoms with Crippen molar-refractivity contribution in [3.8, 4) is 0 Å². The standard InChI is InChI=1S/C24H40N6O2/c1-6-25-23(28-18-24(12-7-8-13-24)22(32)30(4)5)27-17-19-10-9-11-20(16-19)21(31)26-14-15-29(2)3/h9-11,16H,6-8,12-15,17-18H2,1-5H3,(H,26,31)(H2,25,27,28). The predicted molar refractivity (Wildman–Crippen MR) is 130 cm³/mol. The van der Waals surface area contributed by atoms with Crippen LogP contribution in [-0.4, -0.2) is 81.9 Å². The number of hydrogen-bond acceptors (Lipinski definition) is 4. The van der Waals surface area contributed by atoms with Gasteiger partial charge in [0, 0.05) is 45.8 Å². The third-order valence-corrected chi connectivity index (χ3v) is 5.81. The van der Waals surface area contributed by atoms with Crippen molar-refractivity contribution in [1.82, 2.24) is 25.8 Å². The van der Waals surface area contributed by atoms with Crippen molar-refractivity contribution in [3.63, 3.8) is 0 Å². The summed E-state index contributed by atoms with van der Waals surface area (Å²) in [7, 11) is 7.61. The van der Waals surface area contributed by atoms with Crippen LogP contribution in [0.4, 0.5) is 0 Å². The second kappa shape index (κ2) is 12.4. The van der Waals surface area contributed by atoms with E-state index in [1.807, 2.05) is 64.3 Å². The molecule has 0 bridgehead atoms. The molecule has 0 atom stereocenters. The summed E-state index contributed by atoms with van der Waals surface area (Å²) in [5.41, 5.74) is 1.24. The maximum Gasteiger partial charge on any atom is 0.251 e. The molecular formula is C24H40N6O2. The molecule has 2 amide bonds. The average molecular weight is 445 g/mol. The highest BCUT2D eigenvalue weighted by Gasteiger charge is 2.42. The van der Waals surface area contributed by atoms with Crippen LogP contribution in [0.5, 0.6) is 0 Å². The first kappa shape index (κ1) is 25.6. The molecule has 0 aliphatic heterocycles. The van der Waals surface area contributed by atoms with Crippen molar-refractivity contribution in [1.29, 1.82) is 0 Å². The zero-order valence-corrected chi connectivity index (χ0v) is 20.3. The molecular weight excluding hydrogens is 404 g/mol. The van der Waals surface area contributed by atoms with Gasteiger partial charge in [-0.2, -0.15) is 0 Å². The highest BCUT2D eigenvalue weighted by atomic mass is 16.2. The summed E-state index contributed by atoms with van der Waals surface area (Å²) in [6.45, 7) is 5.18. The number of carbonyl (C=O) groups is 2. The molecule has 0 spiro atoms. The molecule has 0 radical (unpaired) electrons. The number of rotatable bonds is 10. The van der Waals surface area contributed by atoms with Crippen LogP contribution in [-0.2, 0) is 11.3 Å². The molecule has 8 heteroatoms. The van der Waals surface area contributed by atoms with Gasteiger partial charge in [-0.1, -0.05) is 25.0 Å². The molecule has 1 saturated carbocycles. The predicted octanol–water partition coefficient (Wildman–Crippen LogP) is 1.68. The van der Waals surface area contributed by atoms with Crippen LogP contribution in [0.1, 0.15) is 48.5 Å². The minimum atomic E-state index is -0.357. The van der Waals surface area contributed by atoms with E-state index in [0.717, 1.165) is 44.3 Å². The molecule has 0 unspecified atom stereocenters. The monoisotopic (exact) mass is 444 g/mol. The first-order chi connectivity index (χ1) is 15.3. The third-order valence-electron chi connectivity index (χ3n) is 5.81. The van der Waals surface area contributed by atoms with Gasteiger partial charge in [-0.05, 0) is 51.6 Å². The van der Waals surface area contributed by atoms with Crippen LogP contribution < -0.4 is 16.0 Å². The van der Waals surface area contributed by atoms with Gasteiger partial charge in [-0.25, -0.2) is 4.99 Å². The van der Waals surface area contributed by atoms with E-state index in [1.165, 1.54) is 0 Å². The molecule has 1 aliphatic carbocycles. The molecule has 178 valence electrons. The van der Waals surface area contributed by atoms with Crippen LogP contribution in [0, 0.1) is 5.41 Å². The van der Waals surface area contributed by atoms with Gasteiger partial charge in [0.15, 0.2) is 5.96 Å². The summed E-state index contributed by atoms with van der Waals surface area (Å²) in [6, 6.07) is 7.55. The van der Waals surface area contributed by atoms with Gasteiger partial charge in [0.1, 0.15) is 0 Å². The highest BCUT2D eigenvalue weighted by molar-refractivity contribution is 5.94. The van der Waals surface area contributed by atoms with Gasteiger partial charge >= 0.3 is 0 Å². The van der Waals surface area contributed by atoms with Crippen molar-refractivity contribution < 1.29 is 9.59 Å². The zero-order valence-electron chi connectivity index (χ0n) is 20.3. The summed E-state index contributed by atoms with van der Waals surface area (Å²) in [5.74, 6) is 0.797. The smallest absolute Gasteiger partial charge is 0.251 e. The Kier molecular flexibility index (Phi) is 9.97. The Morgan fingerprint density at radius 3 is 2.41 bits per heavy atom. The number of carbonyl (C=O) groups excluding carboxylic acids is 2. The number of nitrogens with zero attached hydrogens (tertiary/aromatic N) is 3. The molecule has 3 N–H and O–H groups in total. The molecule has 8 nitrogen and oxygen atoms in total. The van der Waals surface area contributed by atoms with Crippen molar-refractivity contribution in [2.75, 3.05) is 54.4 Å². The van der Waals surface area contributed by atoms with Gasteiger partial charge in [0.2, 0.25) is 5.91 Å². The fraction of sp³-hybridized carbons (Fsp3) is 0.625. The summed E-state index contributed by atoms with van der Waals surface area (Å²) >= 11 is 0.